The Bertz CT molecular complexity index is 698. The third kappa shape index (κ3) is 3.50. The second-order valence-electron chi connectivity index (χ2n) is 5.61. The molecule has 0 radical (unpaired) electrons. The van der Waals surface area contributed by atoms with Crippen LogP contribution in [0.2, 0.25) is 0 Å². The molecule has 23 heavy (non-hydrogen) atoms. The van der Waals surface area contributed by atoms with Crippen molar-refractivity contribution >= 4 is 11.6 Å². The summed E-state index contributed by atoms with van der Waals surface area (Å²) in [5.41, 5.74) is 2.27. The Balaban J connectivity index is 1.55. The van der Waals surface area contributed by atoms with Crippen LogP contribution in [0, 0.1) is 11.6 Å². The molecule has 0 aromatic heterocycles. The van der Waals surface area contributed by atoms with Crippen LogP contribution in [-0.2, 0) is 17.8 Å². The van der Waals surface area contributed by atoms with Crippen LogP contribution in [0.15, 0.2) is 42.5 Å². The summed E-state index contributed by atoms with van der Waals surface area (Å²) >= 11 is 0. The van der Waals surface area contributed by atoms with Crippen molar-refractivity contribution in [3.8, 4) is 0 Å². The Labute approximate surface area is 133 Å². The minimum atomic E-state index is -0.649. The number of carbonyl (C=O) groups excluding carboxylic acids is 1. The molecule has 1 heterocycles. The van der Waals surface area contributed by atoms with Crippen LogP contribution in [0.25, 0.3) is 0 Å². The van der Waals surface area contributed by atoms with Gasteiger partial charge in [0, 0.05) is 26.1 Å². The Morgan fingerprint density at radius 3 is 2.48 bits per heavy atom. The van der Waals surface area contributed by atoms with Gasteiger partial charge < -0.3 is 10.2 Å². The molecule has 1 aliphatic heterocycles. The van der Waals surface area contributed by atoms with Crippen molar-refractivity contribution in [2.24, 2.45) is 0 Å². The van der Waals surface area contributed by atoms with Gasteiger partial charge in [0.25, 0.3) is 0 Å². The third-order valence-corrected chi connectivity index (χ3v) is 4.09. The number of halogens is 2. The van der Waals surface area contributed by atoms with E-state index >= 15 is 0 Å². The highest BCUT2D eigenvalue weighted by Gasteiger charge is 2.20. The van der Waals surface area contributed by atoms with E-state index in [0.29, 0.717) is 13.1 Å². The quantitative estimate of drug-likeness (QED) is 0.938. The van der Waals surface area contributed by atoms with E-state index in [9.17, 15) is 13.6 Å². The van der Waals surface area contributed by atoms with Gasteiger partial charge in [-0.05, 0) is 29.7 Å². The van der Waals surface area contributed by atoms with Crippen molar-refractivity contribution in [3.05, 3.63) is 65.2 Å². The molecule has 2 aromatic rings. The number of para-hydroxylation sites is 1. The standard InChI is InChI=1S/C18H18F2N2O/c19-15-6-3-7-16(20)18(15)21-10-8-17(23)22-11-9-13-4-1-2-5-14(13)12-22/h1-7,21H,8-12H2. The number of nitrogens with one attached hydrogen (secondary N) is 1. The van der Waals surface area contributed by atoms with Crippen LogP contribution in [0.3, 0.4) is 0 Å². The van der Waals surface area contributed by atoms with Crippen LogP contribution in [-0.4, -0.2) is 23.9 Å². The van der Waals surface area contributed by atoms with Gasteiger partial charge in [-0.25, -0.2) is 8.78 Å². The van der Waals surface area contributed by atoms with E-state index in [1.165, 1.54) is 29.3 Å². The van der Waals surface area contributed by atoms with Crippen molar-refractivity contribution in [3.63, 3.8) is 0 Å². The van der Waals surface area contributed by atoms with E-state index < -0.39 is 11.6 Å². The summed E-state index contributed by atoms with van der Waals surface area (Å²) in [7, 11) is 0. The minimum absolute atomic E-state index is 0.0104. The summed E-state index contributed by atoms with van der Waals surface area (Å²) in [4.78, 5) is 14.1. The maximum Gasteiger partial charge on any atom is 0.224 e. The molecule has 0 atom stereocenters. The second-order valence-corrected chi connectivity index (χ2v) is 5.61. The summed E-state index contributed by atoms with van der Waals surface area (Å²) in [5.74, 6) is -1.31. The zero-order chi connectivity index (χ0) is 16.2. The van der Waals surface area contributed by atoms with E-state index in [2.05, 4.69) is 11.4 Å². The maximum absolute atomic E-state index is 13.5. The number of hydrogen-bond acceptors (Lipinski definition) is 2. The first-order valence-electron chi connectivity index (χ1n) is 7.67. The molecule has 3 nitrogen and oxygen atoms in total. The Kier molecular flexibility index (Phi) is 4.55. The lowest BCUT2D eigenvalue weighted by molar-refractivity contribution is -0.131. The van der Waals surface area contributed by atoms with Crippen molar-refractivity contribution in [1.82, 2.24) is 4.90 Å². The molecule has 1 N–H and O–H groups in total. The summed E-state index contributed by atoms with van der Waals surface area (Å²) < 4.78 is 27.0. The molecule has 1 amide bonds. The highest BCUT2D eigenvalue weighted by molar-refractivity contribution is 5.77. The van der Waals surface area contributed by atoms with Crippen LogP contribution < -0.4 is 5.32 Å². The summed E-state index contributed by atoms with van der Waals surface area (Å²) in [6.07, 6.45) is 1.05. The smallest absolute Gasteiger partial charge is 0.224 e. The fourth-order valence-corrected chi connectivity index (χ4v) is 2.83. The number of nitrogens with zero attached hydrogens (tertiary/aromatic N) is 1. The van der Waals surface area contributed by atoms with E-state index in [1.807, 2.05) is 18.2 Å². The zero-order valence-corrected chi connectivity index (χ0v) is 12.7. The lowest BCUT2D eigenvalue weighted by Crippen LogP contribution is -2.36. The van der Waals surface area contributed by atoms with E-state index in [0.717, 1.165) is 6.42 Å². The molecule has 0 spiro atoms. The number of rotatable bonds is 4. The first-order valence-corrected chi connectivity index (χ1v) is 7.67. The first-order chi connectivity index (χ1) is 11.1. The Hall–Kier alpha value is -2.43. The highest BCUT2D eigenvalue weighted by Crippen LogP contribution is 2.20. The summed E-state index contributed by atoms with van der Waals surface area (Å²) in [6, 6.07) is 11.8. The predicted octanol–water partition coefficient (Wildman–Crippen LogP) is 3.35. The van der Waals surface area contributed by atoms with Gasteiger partial charge in [0.05, 0.1) is 0 Å². The number of hydrogen-bond donors (Lipinski definition) is 1. The van der Waals surface area contributed by atoms with Crippen molar-refractivity contribution in [2.45, 2.75) is 19.4 Å². The largest absolute Gasteiger partial charge is 0.380 e. The van der Waals surface area contributed by atoms with Crippen LogP contribution >= 0.6 is 0 Å². The summed E-state index contributed by atoms with van der Waals surface area (Å²) in [6.45, 7) is 1.49. The highest BCUT2D eigenvalue weighted by atomic mass is 19.1. The van der Waals surface area contributed by atoms with Crippen molar-refractivity contribution in [1.29, 1.82) is 0 Å². The number of benzene rings is 2. The molecule has 5 heteroatoms. The number of amides is 1. The van der Waals surface area contributed by atoms with Gasteiger partial charge in [-0.1, -0.05) is 30.3 Å². The molecule has 0 unspecified atom stereocenters. The van der Waals surface area contributed by atoms with Gasteiger partial charge in [0.2, 0.25) is 5.91 Å². The SMILES string of the molecule is O=C(CCNc1c(F)cccc1F)N1CCc2ccccc2C1. The lowest BCUT2D eigenvalue weighted by Gasteiger charge is -2.29. The molecular weight excluding hydrogens is 298 g/mol. The number of carbonyl (C=O) groups is 1. The van der Waals surface area contributed by atoms with Crippen molar-refractivity contribution < 1.29 is 13.6 Å². The van der Waals surface area contributed by atoms with Gasteiger partial charge >= 0.3 is 0 Å². The fraction of sp³-hybridized carbons (Fsp3) is 0.278. The maximum atomic E-state index is 13.5. The molecular formula is C18H18F2N2O. The predicted molar refractivity (Wildman–Crippen MR) is 85.0 cm³/mol. The molecule has 0 saturated heterocycles. The first kappa shape index (κ1) is 15.5. The van der Waals surface area contributed by atoms with E-state index in [-0.39, 0.29) is 24.6 Å². The Morgan fingerprint density at radius 1 is 1.04 bits per heavy atom. The zero-order valence-electron chi connectivity index (χ0n) is 12.7. The van der Waals surface area contributed by atoms with Gasteiger partial charge in [0.15, 0.2) is 0 Å². The average Bonchev–Trinajstić information content (AvgIpc) is 2.57. The third-order valence-electron chi connectivity index (χ3n) is 4.09. The summed E-state index contributed by atoms with van der Waals surface area (Å²) in [5, 5.41) is 2.67. The van der Waals surface area contributed by atoms with Gasteiger partial charge in [-0.2, -0.15) is 0 Å². The molecule has 2 aromatic carbocycles. The number of fused-ring (bicyclic) bond motifs is 1. The lowest BCUT2D eigenvalue weighted by atomic mass is 10.00. The Morgan fingerprint density at radius 2 is 1.74 bits per heavy atom. The van der Waals surface area contributed by atoms with Crippen molar-refractivity contribution in [2.75, 3.05) is 18.4 Å². The molecule has 0 bridgehead atoms. The van der Waals surface area contributed by atoms with Crippen LogP contribution in [0.4, 0.5) is 14.5 Å². The van der Waals surface area contributed by atoms with Gasteiger partial charge in [-0.15, -0.1) is 0 Å². The monoisotopic (exact) mass is 316 g/mol. The molecule has 1 aliphatic rings. The second kappa shape index (κ2) is 6.77. The van der Waals surface area contributed by atoms with E-state index in [4.69, 9.17) is 0 Å². The van der Waals surface area contributed by atoms with Crippen LogP contribution in [0.1, 0.15) is 17.5 Å². The minimum Gasteiger partial charge on any atom is -0.380 e. The van der Waals surface area contributed by atoms with E-state index in [1.54, 1.807) is 4.90 Å². The molecule has 0 aliphatic carbocycles. The average molecular weight is 316 g/mol. The van der Waals surface area contributed by atoms with Crippen LogP contribution in [0.5, 0.6) is 0 Å². The van der Waals surface area contributed by atoms with Gasteiger partial charge in [0.1, 0.15) is 17.3 Å². The normalized spacial score (nSPS) is 13.6. The molecule has 120 valence electrons. The molecule has 0 saturated carbocycles. The topological polar surface area (TPSA) is 32.3 Å². The molecule has 3 rings (SSSR count). The molecule has 0 fully saturated rings. The fourth-order valence-electron chi connectivity index (χ4n) is 2.83. The van der Waals surface area contributed by atoms with Gasteiger partial charge in [-0.3, -0.25) is 4.79 Å². The number of anilines is 1.